The van der Waals surface area contributed by atoms with Gasteiger partial charge in [0.1, 0.15) is 0 Å². The Morgan fingerprint density at radius 3 is 3.06 bits per heavy atom. The summed E-state index contributed by atoms with van der Waals surface area (Å²) in [5, 5.41) is 9.96. The number of rotatable bonds is 2. The molecule has 2 unspecified atom stereocenters. The molecule has 2 atom stereocenters. The Morgan fingerprint density at radius 1 is 1.69 bits per heavy atom. The van der Waals surface area contributed by atoms with Crippen molar-refractivity contribution in [3.8, 4) is 12.3 Å². The van der Waals surface area contributed by atoms with Crippen LogP contribution in [-0.2, 0) is 6.42 Å². The SMILES string of the molecule is C#CC(CC)n1c(C)cc2c1CCCC2O. The van der Waals surface area contributed by atoms with Crippen LogP contribution in [0.25, 0.3) is 0 Å². The van der Waals surface area contributed by atoms with Gasteiger partial charge in [-0.1, -0.05) is 12.8 Å². The van der Waals surface area contributed by atoms with Crippen molar-refractivity contribution in [1.82, 2.24) is 4.57 Å². The molecule has 1 aromatic heterocycles. The highest BCUT2D eigenvalue weighted by Gasteiger charge is 2.24. The predicted molar refractivity (Wildman–Crippen MR) is 65.2 cm³/mol. The van der Waals surface area contributed by atoms with E-state index < -0.39 is 0 Å². The van der Waals surface area contributed by atoms with Crippen LogP contribution in [0.4, 0.5) is 0 Å². The number of nitrogens with zero attached hydrogens (tertiary/aromatic N) is 1. The molecule has 2 rings (SSSR count). The van der Waals surface area contributed by atoms with Gasteiger partial charge in [0.15, 0.2) is 0 Å². The highest BCUT2D eigenvalue weighted by atomic mass is 16.3. The minimum absolute atomic E-state index is 0.133. The van der Waals surface area contributed by atoms with Gasteiger partial charge in [0.2, 0.25) is 0 Å². The lowest BCUT2D eigenvalue weighted by molar-refractivity contribution is 0.155. The van der Waals surface area contributed by atoms with Crippen molar-refractivity contribution < 1.29 is 5.11 Å². The number of aliphatic hydroxyl groups is 1. The molecule has 2 nitrogen and oxygen atoms in total. The average molecular weight is 217 g/mol. The van der Waals surface area contributed by atoms with Crippen LogP contribution in [0.15, 0.2) is 6.07 Å². The number of hydrogen-bond donors (Lipinski definition) is 1. The van der Waals surface area contributed by atoms with Crippen LogP contribution < -0.4 is 0 Å². The van der Waals surface area contributed by atoms with Crippen LogP contribution in [-0.4, -0.2) is 9.67 Å². The lowest BCUT2D eigenvalue weighted by Gasteiger charge is -2.23. The monoisotopic (exact) mass is 217 g/mol. The second kappa shape index (κ2) is 4.35. The van der Waals surface area contributed by atoms with E-state index in [1.54, 1.807) is 0 Å². The minimum Gasteiger partial charge on any atom is -0.388 e. The number of aromatic nitrogens is 1. The van der Waals surface area contributed by atoms with Gasteiger partial charge >= 0.3 is 0 Å². The van der Waals surface area contributed by atoms with Crippen molar-refractivity contribution in [2.75, 3.05) is 0 Å². The molecule has 1 aliphatic rings. The average Bonchev–Trinajstić information content (AvgIpc) is 2.60. The highest BCUT2D eigenvalue weighted by molar-refractivity contribution is 5.33. The van der Waals surface area contributed by atoms with Gasteiger partial charge in [0.05, 0.1) is 12.1 Å². The second-order valence-corrected chi connectivity index (χ2v) is 4.56. The second-order valence-electron chi connectivity index (χ2n) is 4.56. The zero-order chi connectivity index (χ0) is 11.7. The Hall–Kier alpha value is -1.20. The molecule has 0 fully saturated rings. The molecule has 86 valence electrons. The van der Waals surface area contributed by atoms with E-state index in [1.807, 2.05) is 0 Å². The van der Waals surface area contributed by atoms with E-state index in [9.17, 15) is 5.11 Å². The van der Waals surface area contributed by atoms with Gasteiger partial charge < -0.3 is 9.67 Å². The lowest BCUT2D eigenvalue weighted by Crippen LogP contribution is -2.15. The molecule has 2 heteroatoms. The number of terminal acetylenes is 1. The standard InChI is InChI=1S/C14H19NO/c1-4-11(5-2)15-10(3)9-12-13(15)7-6-8-14(12)16/h1,9,11,14,16H,5-8H2,2-3H3. The maximum Gasteiger partial charge on any atom is 0.0941 e. The van der Waals surface area contributed by atoms with Crippen LogP contribution in [0.2, 0.25) is 0 Å². The molecular weight excluding hydrogens is 198 g/mol. The zero-order valence-corrected chi connectivity index (χ0v) is 10.0. The van der Waals surface area contributed by atoms with Gasteiger partial charge in [0.25, 0.3) is 0 Å². The molecule has 0 aliphatic heterocycles. The molecule has 1 heterocycles. The van der Waals surface area contributed by atoms with Gasteiger partial charge in [-0.25, -0.2) is 0 Å². The summed E-state index contributed by atoms with van der Waals surface area (Å²) in [5.74, 6) is 2.84. The Bertz CT molecular complexity index is 425. The molecule has 0 radical (unpaired) electrons. The molecular formula is C14H19NO. The summed E-state index contributed by atoms with van der Waals surface area (Å²) in [4.78, 5) is 0. The first kappa shape index (κ1) is 11.3. The van der Waals surface area contributed by atoms with E-state index in [4.69, 9.17) is 6.42 Å². The van der Waals surface area contributed by atoms with Crippen molar-refractivity contribution in [2.24, 2.45) is 0 Å². The van der Waals surface area contributed by atoms with Gasteiger partial charge in [-0.3, -0.25) is 0 Å². The Morgan fingerprint density at radius 2 is 2.44 bits per heavy atom. The van der Waals surface area contributed by atoms with Crippen molar-refractivity contribution in [3.05, 3.63) is 23.0 Å². The summed E-state index contributed by atoms with van der Waals surface area (Å²) in [6, 6.07) is 2.23. The number of fused-ring (bicyclic) bond motifs is 1. The van der Waals surface area contributed by atoms with E-state index in [0.29, 0.717) is 0 Å². The highest BCUT2D eigenvalue weighted by Crippen LogP contribution is 2.34. The van der Waals surface area contributed by atoms with Gasteiger partial charge in [-0.05, 0) is 38.7 Å². The molecule has 0 amide bonds. The zero-order valence-electron chi connectivity index (χ0n) is 10.0. The fourth-order valence-electron chi connectivity index (χ4n) is 2.71. The van der Waals surface area contributed by atoms with Crippen molar-refractivity contribution >= 4 is 0 Å². The molecule has 0 saturated heterocycles. The third-order valence-electron chi connectivity index (χ3n) is 3.51. The molecule has 1 aliphatic carbocycles. The van der Waals surface area contributed by atoms with Crippen LogP contribution in [0, 0.1) is 19.3 Å². The first-order valence-corrected chi connectivity index (χ1v) is 6.03. The Balaban J connectivity index is 2.50. The fraction of sp³-hybridized carbons (Fsp3) is 0.571. The summed E-state index contributed by atoms with van der Waals surface area (Å²) in [7, 11) is 0. The molecule has 1 aromatic rings. The summed E-state index contributed by atoms with van der Waals surface area (Å²) >= 11 is 0. The first-order chi connectivity index (χ1) is 7.69. The lowest BCUT2D eigenvalue weighted by atomic mass is 9.95. The molecule has 0 spiro atoms. The normalized spacial score (nSPS) is 21.2. The van der Waals surface area contributed by atoms with E-state index in [-0.39, 0.29) is 12.1 Å². The van der Waals surface area contributed by atoms with Crippen LogP contribution >= 0.6 is 0 Å². The maximum absolute atomic E-state index is 9.96. The van der Waals surface area contributed by atoms with Crippen LogP contribution in [0.1, 0.15) is 55.3 Å². The summed E-state index contributed by atoms with van der Waals surface area (Å²) in [6.45, 7) is 4.18. The first-order valence-electron chi connectivity index (χ1n) is 6.03. The molecule has 0 aromatic carbocycles. The van der Waals surface area contributed by atoms with Crippen LogP contribution in [0.5, 0.6) is 0 Å². The van der Waals surface area contributed by atoms with E-state index in [1.165, 1.54) is 11.4 Å². The number of hydrogen-bond acceptors (Lipinski definition) is 1. The number of aliphatic hydroxyl groups excluding tert-OH is 1. The Kier molecular flexibility index (Phi) is 3.07. The molecule has 16 heavy (non-hydrogen) atoms. The number of aryl methyl sites for hydroxylation is 1. The van der Waals surface area contributed by atoms with E-state index in [2.05, 4.69) is 30.4 Å². The van der Waals surface area contributed by atoms with E-state index in [0.717, 1.165) is 31.2 Å². The van der Waals surface area contributed by atoms with E-state index >= 15 is 0 Å². The third-order valence-corrected chi connectivity index (χ3v) is 3.51. The van der Waals surface area contributed by atoms with Gasteiger partial charge in [0, 0.05) is 17.0 Å². The maximum atomic E-state index is 9.96. The van der Waals surface area contributed by atoms with Crippen LogP contribution in [0.3, 0.4) is 0 Å². The largest absolute Gasteiger partial charge is 0.388 e. The summed E-state index contributed by atoms with van der Waals surface area (Å²) in [6.07, 6.45) is 9.20. The minimum atomic E-state index is -0.293. The molecule has 0 saturated carbocycles. The summed E-state index contributed by atoms with van der Waals surface area (Å²) in [5.41, 5.74) is 3.52. The predicted octanol–water partition coefficient (Wildman–Crippen LogP) is 2.75. The Labute approximate surface area is 97.3 Å². The van der Waals surface area contributed by atoms with Crippen molar-refractivity contribution in [2.45, 2.75) is 51.7 Å². The van der Waals surface area contributed by atoms with Crippen molar-refractivity contribution in [3.63, 3.8) is 0 Å². The quantitative estimate of drug-likeness (QED) is 0.757. The molecule has 0 bridgehead atoms. The van der Waals surface area contributed by atoms with Gasteiger partial charge in [-0.2, -0.15) is 0 Å². The smallest absolute Gasteiger partial charge is 0.0941 e. The summed E-state index contributed by atoms with van der Waals surface area (Å²) < 4.78 is 2.23. The van der Waals surface area contributed by atoms with Gasteiger partial charge in [-0.15, -0.1) is 6.42 Å². The fourth-order valence-corrected chi connectivity index (χ4v) is 2.71. The third kappa shape index (κ3) is 1.66. The topological polar surface area (TPSA) is 25.2 Å². The van der Waals surface area contributed by atoms with Crippen molar-refractivity contribution in [1.29, 1.82) is 0 Å². The molecule has 1 N–H and O–H groups in total.